The summed E-state index contributed by atoms with van der Waals surface area (Å²) in [7, 11) is 0. The number of hydrogen-bond donors (Lipinski definition) is 1. The van der Waals surface area contributed by atoms with Crippen LogP contribution in [0.1, 0.15) is 38.2 Å². The normalized spacial score (nSPS) is 16.2. The summed E-state index contributed by atoms with van der Waals surface area (Å²) in [5.41, 5.74) is 1.82. The van der Waals surface area contributed by atoms with Gasteiger partial charge in [0.1, 0.15) is 12.4 Å². The van der Waals surface area contributed by atoms with Gasteiger partial charge >= 0.3 is 0 Å². The number of rotatable bonds is 9. The average molecular weight is 380 g/mol. The molecule has 0 aromatic heterocycles. The van der Waals surface area contributed by atoms with E-state index in [0.717, 1.165) is 37.1 Å². The van der Waals surface area contributed by atoms with Crippen LogP contribution >= 0.6 is 0 Å². The fourth-order valence-electron chi connectivity index (χ4n) is 3.34. The Kier molecular flexibility index (Phi) is 7.06. The van der Waals surface area contributed by atoms with E-state index in [1.54, 1.807) is 0 Å². The molecule has 1 unspecified atom stereocenters. The van der Waals surface area contributed by atoms with Crippen molar-refractivity contribution in [3.63, 3.8) is 0 Å². The number of carbonyl (C=O) groups is 2. The maximum absolute atomic E-state index is 12.5. The van der Waals surface area contributed by atoms with Gasteiger partial charge in [0.05, 0.1) is 5.92 Å². The Hall–Kier alpha value is -2.82. The Bertz CT molecular complexity index is 774. The van der Waals surface area contributed by atoms with Crippen LogP contribution in [0.4, 0.5) is 5.69 Å². The highest BCUT2D eigenvalue weighted by Crippen LogP contribution is 2.22. The summed E-state index contributed by atoms with van der Waals surface area (Å²) < 4.78 is 5.76. The number of benzene rings is 2. The van der Waals surface area contributed by atoms with Gasteiger partial charge in [-0.2, -0.15) is 0 Å². The van der Waals surface area contributed by atoms with E-state index in [1.165, 1.54) is 0 Å². The Morgan fingerprint density at radius 3 is 2.57 bits per heavy atom. The number of anilines is 1. The standard InChI is InChI=1S/C23H28N2O3/c1-2-3-7-14-25-16-19(15-22(25)26)23(27)24-20-10-12-21(13-11-20)28-17-18-8-5-4-6-9-18/h4-6,8-13,19H,2-3,7,14-17H2,1H3,(H,24,27). The van der Waals surface area contributed by atoms with E-state index >= 15 is 0 Å². The zero-order valence-corrected chi connectivity index (χ0v) is 16.4. The molecule has 5 heteroatoms. The van der Waals surface area contributed by atoms with Crippen LogP contribution in [0.25, 0.3) is 0 Å². The van der Waals surface area contributed by atoms with Gasteiger partial charge in [0, 0.05) is 25.2 Å². The second-order valence-corrected chi connectivity index (χ2v) is 7.24. The number of hydrogen-bond acceptors (Lipinski definition) is 3. The summed E-state index contributed by atoms with van der Waals surface area (Å²) in [5, 5.41) is 2.92. The van der Waals surface area contributed by atoms with E-state index in [-0.39, 0.29) is 17.7 Å². The van der Waals surface area contributed by atoms with E-state index in [2.05, 4.69) is 12.2 Å². The number of nitrogens with one attached hydrogen (secondary N) is 1. The average Bonchev–Trinajstić information content (AvgIpc) is 3.09. The number of amides is 2. The molecule has 0 saturated carbocycles. The van der Waals surface area contributed by atoms with Gasteiger partial charge in [-0.25, -0.2) is 0 Å². The maximum atomic E-state index is 12.5. The number of unbranched alkanes of at least 4 members (excludes halogenated alkanes) is 2. The molecule has 1 heterocycles. The molecule has 0 bridgehead atoms. The van der Waals surface area contributed by atoms with Crippen LogP contribution in [-0.2, 0) is 16.2 Å². The number of nitrogens with zero attached hydrogens (tertiary/aromatic N) is 1. The highest BCUT2D eigenvalue weighted by molar-refractivity contribution is 5.97. The van der Waals surface area contributed by atoms with Gasteiger partial charge < -0.3 is 15.0 Å². The third kappa shape index (κ3) is 5.59. The molecule has 0 radical (unpaired) electrons. The fraction of sp³-hybridized carbons (Fsp3) is 0.391. The Morgan fingerprint density at radius 2 is 1.86 bits per heavy atom. The van der Waals surface area contributed by atoms with E-state index in [0.29, 0.717) is 25.3 Å². The van der Waals surface area contributed by atoms with Gasteiger partial charge in [-0.3, -0.25) is 9.59 Å². The van der Waals surface area contributed by atoms with Gasteiger partial charge in [-0.1, -0.05) is 50.1 Å². The third-order valence-electron chi connectivity index (χ3n) is 4.99. The van der Waals surface area contributed by atoms with Crippen molar-refractivity contribution >= 4 is 17.5 Å². The van der Waals surface area contributed by atoms with Crippen LogP contribution in [0.15, 0.2) is 54.6 Å². The predicted molar refractivity (Wildman–Crippen MR) is 110 cm³/mol. The van der Waals surface area contributed by atoms with Crippen molar-refractivity contribution in [2.45, 2.75) is 39.2 Å². The lowest BCUT2D eigenvalue weighted by molar-refractivity contribution is -0.128. The summed E-state index contributed by atoms with van der Waals surface area (Å²) in [4.78, 5) is 26.4. The van der Waals surface area contributed by atoms with Crippen molar-refractivity contribution in [3.05, 3.63) is 60.2 Å². The smallest absolute Gasteiger partial charge is 0.229 e. The molecule has 1 aliphatic rings. The Morgan fingerprint density at radius 1 is 1.11 bits per heavy atom. The van der Waals surface area contributed by atoms with Crippen LogP contribution in [0.5, 0.6) is 5.75 Å². The monoisotopic (exact) mass is 380 g/mol. The van der Waals surface area contributed by atoms with Gasteiger partial charge in [0.25, 0.3) is 0 Å². The maximum Gasteiger partial charge on any atom is 0.229 e. The van der Waals surface area contributed by atoms with Gasteiger partial charge in [-0.05, 0) is 36.2 Å². The molecule has 1 fully saturated rings. The summed E-state index contributed by atoms with van der Waals surface area (Å²) in [6.07, 6.45) is 3.54. The van der Waals surface area contributed by atoms with Crippen LogP contribution in [0, 0.1) is 5.92 Å². The second-order valence-electron chi connectivity index (χ2n) is 7.24. The largest absolute Gasteiger partial charge is 0.489 e. The Labute approximate surface area is 166 Å². The van der Waals surface area contributed by atoms with Crippen molar-refractivity contribution in [2.24, 2.45) is 5.92 Å². The Balaban J connectivity index is 1.47. The topological polar surface area (TPSA) is 58.6 Å². The fourth-order valence-corrected chi connectivity index (χ4v) is 3.34. The number of likely N-dealkylation sites (tertiary alicyclic amines) is 1. The van der Waals surface area contributed by atoms with Crippen LogP contribution < -0.4 is 10.1 Å². The molecule has 1 saturated heterocycles. The summed E-state index contributed by atoms with van der Waals surface area (Å²) in [5.74, 6) is 0.466. The molecule has 2 aromatic rings. The minimum absolute atomic E-state index is 0.0842. The van der Waals surface area contributed by atoms with Gasteiger partial charge in [0.15, 0.2) is 0 Å². The lowest BCUT2D eigenvalue weighted by Gasteiger charge is -2.16. The first-order valence-electron chi connectivity index (χ1n) is 10.0. The van der Waals surface area contributed by atoms with E-state index in [1.807, 2.05) is 59.5 Å². The molecule has 1 aliphatic heterocycles. The third-order valence-corrected chi connectivity index (χ3v) is 4.99. The first-order chi connectivity index (χ1) is 13.7. The first-order valence-corrected chi connectivity index (χ1v) is 10.0. The molecule has 0 aliphatic carbocycles. The molecule has 2 aromatic carbocycles. The molecule has 28 heavy (non-hydrogen) atoms. The summed E-state index contributed by atoms with van der Waals surface area (Å²) >= 11 is 0. The van der Waals surface area contributed by atoms with Crippen molar-refractivity contribution < 1.29 is 14.3 Å². The van der Waals surface area contributed by atoms with Crippen LogP contribution in [0.3, 0.4) is 0 Å². The van der Waals surface area contributed by atoms with Gasteiger partial charge in [-0.15, -0.1) is 0 Å². The van der Waals surface area contributed by atoms with Crippen molar-refractivity contribution in [1.29, 1.82) is 0 Å². The molecular weight excluding hydrogens is 352 g/mol. The quantitative estimate of drug-likeness (QED) is 0.662. The van der Waals surface area contributed by atoms with Crippen molar-refractivity contribution in [1.82, 2.24) is 4.90 Å². The lowest BCUT2D eigenvalue weighted by Crippen LogP contribution is -2.29. The number of carbonyl (C=O) groups excluding carboxylic acids is 2. The SMILES string of the molecule is CCCCCN1CC(C(=O)Nc2ccc(OCc3ccccc3)cc2)CC1=O. The van der Waals surface area contributed by atoms with Crippen LogP contribution in [0.2, 0.25) is 0 Å². The van der Waals surface area contributed by atoms with E-state index in [4.69, 9.17) is 4.74 Å². The molecule has 1 atom stereocenters. The number of ether oxygens (including phenoxy) is 1. The molecule has 0 spiro atoms. The minimum Gasteiger partial charge on any atom is -0.489 e. The molecule has 148 valence electrons. The highest BCUT2D eigenvalue weighted by Gasteiger charge is 2.33. The second kappa shape index (κ2) is 9.93. The van der Waals surface area contributed by atoms with Crippen molar-refractivity contribution in [3.8, 4) is 5.75 Å². The zero-order valence-electron chi connectivity index (χ0n) is 16.4. The van der Waals surface area contributed by atoms with E-state index < -0.39 is 0 Å². The molecule has 1 N–H and O–H groups in total. The highest BCUT2D eigenvalue weighted by atomic mass is 16.5. The molecule has 3 rings (SSSR count). The minimum atomic E-state index is -0.275. The first kappa shape index (κ1) is 19.9. The summed E-state index contributed by atoms with van der Waals surface area (Å²) in [6, 6.07) is 17.3. The molecule has 2 amide bonds. The zero-order chi connectivity index (χ0) is 19.8. The van der Waals surface area contributed by atoms with Crippen LogP contribution in [-0.4, -0.2) is 29.8 Å². The summed E-state index contributed by atoms with van der Waals surface area (Å²) in [6.45, 7) is 3.92. The molecule has 5 nitrogen and oxygen atoms in total. The van der Waals surface area contributed by atoms with Gasteiger partial charge in [0.2, 0.25) is 11.8 Å². The van der Waals surface area contributed by atoms with Crippen molar-refractivity contribution in [2.75, 3.05) is 18.4 Å². The van der Waals surface area contributed by atoms with E-state index in [9.17, 15) is 9.59 Å². The predicted octanol–water partition coefficient (Wildman–Crippen LogP) is 4.24. The lowest BCUT2D eigenvalue weighted by atomic mass is 10.1. The molecular formula is C23H28N2O3.